The smallest absolute Gasteiger partial charge is 0.227 e. The van der Waals surface area contributed by atoms with E-state index in [1.807, 2.05) is 46.4 Å². The Labute approximate surface area is 104 Å². The number of hydrogen-bond donors (Lipinski definition) is 2. The van der Waals surface area contributed by atoms with Gasteiger partial charge in [-0.15, -0.1) is 0 Å². The van der Waals surface area contributed by atoms with Gasteiger partial charge in [-0.1, -0.05) is 6.92 Å². The number of nitrogens with one attached hydrogen (secondary N) is 1. The summed E-state index contributed by atoms with van der Waals surface area (Å²) in [6.07, 6.45) is 0. The number of carbonyl (C=O) groups is 1. The molecule has 0 radical (unpaired) electrons. The molecule has 1 atom stereocenters. The minimum Gasteiger partial charge on any atom is -0.352 e. The standard InChI is InChI=1S/C12H26N2OS/c1-7-16-8-9(2)14-10(15)11(3,4)12(5,6)13/h9H,7-8,13H2,1-6H3,(H,14,15). The van der Waals surface area contributed by atoms with Crippen LogP contribution in [0, 0.1) is 5.41 Å². The van der Waals surface area contributed by atoms with Crippen molar-refractivity contribution < 1.29 is 4.79 Å². The van der Waals surface area contributed by atoms with Crippen molar-refractivity contribution in [1.29, 1.82) is 0 Å². The fraction of sp³-hybridized carbons (Fsp3) is 0.917. The highest BCUT2D eigenvalue weighted by atomic mass is 32.2. The molecule has 4 heteroatoms. The average molecular weight is 246 g/mol. The van der Waals surface area contributed by atoms with Gasteiger partial charge < -0.3 is 11.1 Å². The number of carbonyl (C=O) groups excluding carboxylic acids is 1. The second kappa shape index (κ2) is 5.92. The SMILES string of the molecule is CCSCC(C)NC(=O)C(C)(C)C(C)(C)N. The Balaban J connectivity index is 4.35. The van der Waals surface area contributed by atoms with Crippen LogP contribution in [0.15, 0.2) is 0 Å². The van der Waals surface area contributed by atoms with E-state index < -0.39 is 11.0 Å². The molecule has 0 aromatic carbocycles. The monoisotopic (exact) mass is 246 g/mol. The van der Waals surface area contributed by atoms with E-state index in [2.05, 4.69) is 12.2 Å². The number of nitrogens with two attached hydrogens (primary N) is 1. The van der Waals surface area contributed by atoms with Crippen LogP contribution in [-0.2, 0) is 4.79 Å². The van der Waals surface area contributed by atoms with Gasteiger partial charge in [0.15, 0.2) is 0 Å². The lowest BCUT2D eigenvalue weighted by atomic mass is 9.74. The van der Waals surface area contributed by atoms with E-state index in [0.29, 0.717) is 0 Å². The molecule has 0 saturated carbocycles. The second-order valence-corrected chi connectivity index (χ2v) is 6.70. The van der Waals surface area contributed by atoms with Crippen LogP contribution in [0.4, 0.5) is 0 Å². The molecule has 1 amide bonds. The molecule has 0 aromatic rings. The molecular weight excluding hydrogens is 220 g/mol. The van der Waals surface area contributed by atoms with E-state index in [-0.39, 0.29) is 11.9 Å². The predicted molar refractivity (Wildman–Crippen MR) is 72.7 cm³/mol. The van der Waals surface area contributed by atoms with Gasteiger partial charge >= 0.3 is 0 Å². The van der Waals surface area contributed by atoms with E-state index in [9.17, 15) is 4.79 Å². The fourth-order valence-electron chi connectivity index (χ4n) is 1.03. The Bertz CT molecular complexity index is 234. The first-order valence-electron chi connectivity index (χ1n) is 5.80. The molecule has 16 heavy (non-hydrogen) atoms. The number of rotatable bonds is 6. The molecule has 0 bridgehead atoms. The van der Waals surface area contributed by atoms with Crippen LogP contribution in [0.1, 0.15) is 41.5 Å². The zero-order valence-electron chi connectivity index (χ0n) is 11.4. The van der Waals surface area contributed by atoms with E-state index in [0.717, 1.165) is 11.5 Å². The molecule has 3 N–H and O–H groups in total. The lowest BCUT2D eigenvalue weighted by Crippen LogP contribution is -2.57. The molecule has 3 nitrogen and oxygen atoms in total. The van der Waals surface area contributed by atoms with Crippen molar-refractivity contribution in [1.82, 2.24) is 5.32 Å². The molecule has 0 rings (SSSR count). The topological polar surface area (TPSA) is 55.1 Å². The van der Waals surface area contributed by atoms with Crippen LogP contribution in [0.3, 0.4) is 0 Å². The van der Waals surface area contributed by atoms with Crippen molar-refractivity contribution in [3.63, 3.8) is 0 Å². The van der Waals surface area contributed by atoms with Gasteiger partial charge in [-0.25, -0.2) is 0 Å². The van der Waals surface area contributed by atoms with E-state index >= 15 is 0 Å². The molecule has 0 aliphatic rings. The third-order valence-corrected chi connectivity index (χ3v) is 4.27. The maximum absolute atomic E-state index is 12.1. The molecule has 0 aromatic heterocycles. The Hall–Kier alpha value is -0.220. The fourth-order valence-corrected chi connectivity index (χ4v) is 1.71. The zero-order valence-corrected chi connectivity index (χ0v) is 12.2. The maximum atomic E-state index is 12.1. The van der Waals surface area contributed by atoms with Crippen molar-refractivity contribution in [3.05, 3.63) is 0 Å². The van der Waals surface area contributed by atoms with E-state index in [4.69, 9.17) is 5.73 Å². The third kappa shape index (κ3) is 4.34. The van der Waals surface area contributed by atoms with Crippen molar-refractivity contribution in [2.45, 2.75) is 53.1 Å². The Morgan fingerprint density at radius 1 is 1.38 bits per heavy atom. The summed E-state index contributed by atoms with van der Waals surface area (Å²) >= 11 is 1.83. The van der Waals surface area contributed by atoms with Crippen molar-refractivity contribution in [3.8, 4) is 0 Å². The van der Waals surface area contributed by atoms with Crippen LogP contribution in [0.25, 0.3) is 0 Å². The molecule has 0 spiro atoms. The minimum absolute atomic E-state index is 0.0317. The average Bonchev–Trinajstić information content (AvgIpc) is 2.12. The number of thioether (sulfide) groups is 1. The second-order valence-electron chi connectivity index (χ2n) is 5.38. The Morgan fingerprint density at radius 2 is 1.88 bits per heavy atom. The summed E-state index contributed by atoms with van der Waals surface area (Å²) in [6.45, 7) is 11.7. The summed E-state index contributed by atoms with van der Waals surface area (Å²) in [5.74, 6) is 2.05. The van der Waals surface area contributed by atoms with E-state index in [1.54, 1.807) is 0 Å². The van der Waals surface area contributed by atoms with Crippen LogP contribution in [0.2, 0.25) is 0 Å². The van der Waals surface area contributed by atoms with Gasteiger partial charge in [0.1, 0.15) is 0 Å². The van der Waals surface area contributed by atoms with E-state index in [1.165, 1.54) is 0 Å². The lowest BCUT2D eigenvalue weighted by molar-refractivity contribution is -0.132. The molecule has 0 heterocycles. The Morgan fingerprint density at radius 3 is 2.25 bits per heavy atom. The molecule has 0 aliphatic carbocycles. The highest BCUT2D eigenvalue weighted by Crippen LogP contribution is 2.28. The lowest BCUT2D eigenvalue weighted by Gasteiger charge is -2.37. The number of hydrogen-bond acceptors (Lipinski definition) is 3. The minimum atomic E-state index is -0.557. The van der Waals surface area contributed by atoms with Gasteiger partial charge in [-0.05, 0) is 40.4 Å². The first-order chi connectivity index (χ1) is 7.13. The summed E-state index contributed by atoms with van der Waals surface area (Å²) < 4.78 is 0. The normalized spacial score (nSPS) is 14.7. The number of amides is 1. The third-order valence-electron chi connectivity index (χ3n) is 3.13. The summed E-state index contributed by atoms with van der Waals surface area (Å²) in [6, 6.07) is 0.194. The summed E-state index contributed by atoms with van der Waals surface area (Å²) in [5, 5.41) is 3.02. The van der Waals surface area contributed by atoms with Crippen LogP contribution < -0.4 is 11.1 Å². The first kappa shape index (κ1) is 15.8. The van der Waals surface area contributed by atoms with Crippen molar-refractivity contribution >= 4 is 17.7 Å². The van der Waals surface area contributed by atoms with Gasteiger partial charge in [-0.2, -0.15) is 11.8 Å². The summed E-state index contributed by atoms with van der Waals surface area (Å²) in [7, 11) is 0. The quantitative estimate of drug-likeness (QED) is 0.754. The predicted octanol–water partition coefficient (Wildman–Crippen LogP) is 2.01. The maximum Gasteiger partial charge on any atom is 0.227 e. The van der Waals surface area contributed by atoms with Gasteiger partial charge in [0.05, 0.1) is 5.41 Å². The first-order valence-corrected chi connectivity index (χ1v) is 6.96. The largest absolute Gasteiger partial charge is 0.352 e. The van der Waals surface area contributed by atoms with Gasteiger partial charge in [0, 0.05) is 17.3 Å². The van der Waals surface area contributed by atoms with Gasteiger partial charge in [0.25, 0.3) is 0 Å². The molecule has 1 unspecified atom stereocenters. The molecule has 0 saturated heterocycles. The molecular formula is C12H26N2OS. The summed E-state index contributed by atoms with van der Waals surface area (Å²) in [5.41, 5.74) is 4.95. The molecule has 0 fully saturated rings. The highest BCUT2D eigenvalue weighted by Gasteiger charge is 2.40. The molecule has 96 valence electrons. The zero-order chi connectivity index (χ0) is 13.0. The van der Waals surface area contributed by atoms with Crippen LogP contribution in [0.5, 0.6) is 0 Å². The Kier molecular flexibility index (Phi) is 5.84. The van der Waals surface area contributed by atoms with Gasteiger partial charge in [-0.3, -0.25) is 4.79 Å². The van der Waals surface area contributed by atoms with Crippen molar-refractivity contribution in [2.75, 3.05) is 11.5 Å². The summed E-state index contributed by atoms with van der Waals surface area (Å²) in [4.78, 5) is 12.1. The molecule has 0 aliphatic heterocycles. The van der Waals surface area contributed by atoms with Gasteiger partial charge in [0.2, 0.25) is 5.91 Å². The highest BCUT2D eigenvalue weighted by molar-refractivity contribution is 7.99. The van der Waals surface area contributed by atoms with Crippen LogP contribution in [-0.4, -0.2) is 29.0 Å². The van der Waals surface area contributed by atoms with Crippen molar-refractivity contribution in [2.24, 2.45) is 11.1 Å². The van der Waals surface area contributed by atoms with Crippen LogP contribution >= 0.6 is 11.8 Å².